The standard InChI is InChI=1S/C18H24N2/c1-3-14-20(2)18(16-12-8-5-9-13-16)17(19)15-10-6-4-7-11-15/h4-13,17-18H,3,14,19H2,1-2H3. The third-order valence-corrected chi connectivity index (χ3v) is 3.72. The van der Waals surface area contributed by atoms with E-state index < -0.39 is 0 Å². The fourth-order valence-electron chi connectivity index (χ4n) is 2.74. The lowest BCUT2D eigenvalue weighted by atomic mass is 9.93. The summed E-state index contributed by atoms with van der Waals surface area (Å²) in [5.74, 6) is 0. The van der Waals surface area contributed by atoms with Gasteiger partial charge in [0, 0.05) is 6.04 Å². The van der Waals surface area contributed by atoms with E-state index in [0.29, 0.717) is 0 Å². The molecule has 0 saturated carbocycles. The second-order valence-corrected chi connectivity index (χ2v) is 5.27. The number of nitrogens with zero attached hydrogens (tertiary/aromatic N) is 1. The molecule has 0 aliphatic carbocycles. The first kappa shape index (κ1) is 14.8. The Kier molecular flexibility index (Phi) is 5.33. The lowest BCUT2D eigenvalue weighted by molar-refractivity contribution is 0.213. The average Bonchev–Trinajstić information content (AvgIpc) is 2.50. The topological polar surface area (TPSA) is 29.3 Å². The van der Waals surface area contributed by atoms with Crippen LogP contribution in [0.3, 0.4) is 0 Å². The minimum Gasteiger partial charge on any atom is -0.322 e. The smallest absolute Gasteiger partial charge is 0.0538 e. The molecule has 0 aliphatic heterocycles. The largest absolute Gasteiger partial charge is 0.322 e. The summed E-state index contributed by atoms with van der Waals surface area (Å²) < 4.78 is 0. The summed E-state index contributed by atoms with van der Waals surface area (Å²) in [7, 11) is 2.16. The van der Waals surface area contributed by atoms with E-state index in [0.717, 1.165) is 13.0 Å². The van der Waals surface area contributed by atoms with Crippen molar-refractivity contribution < 1.29 is 0 Å². The molecule has 20 heavy (non-hydrogen) atoms. The third-order valence-electron chi connectivity index (χ3n) is 3.72. The molecule has 0 fully saturated rings. The van der Waals surface area contributed by atoms with Crippen LogP contribution in [0.5, 0.6) is 0 Å². The summed E-state index contributed by atoms with van der Waals surface area (Å²) in [6, 6.07) is 21.1. The van der Waals surface area contributed by atoms with Gasteiger partial charge in [-0.2, -0.15) is 0 Å². The maximum atomic E-state index is 6.56. The highest BCUT2D eigenvalue weighted by atomic mass is 15.1. The molecule has 2 atom stereocenters. The highest BCUT2D eigenvalue weighted by molar-refractivity contribution is 5.27. The Hall–Kier alpha value is -1.64. The number of rotatable bonds is 6. The maximum absolute atomic E-state index is 6.56. The summed E-state index contributed by atoms with van der Waals surface area (Å²) in [5, 5.41) is 0. The normalized spacial score (nSPS) is 14.2. The van der Waals surface area contributed by atoms with Crippen LogP contribution in [0, 0.1) is 0 Å². The summed E-state index contributed by atoms with van der Waals surface area (Å²) in [6.45, 7) is 3.24. The van der Waals surface area contributed by atoms with Gasteiger partial charge in [0.1, 0.15) is 0 Å². The molecule has 0 bridgehead atoms. The van der Waals surface area contributed by atoms with Crippen molar-refractivity contribution in [3.63, 3.8) is 0 Å². The van der Waals surface area contributed by atoms with Gasteiger partial charge in [0.05, 0.1) is 6.04 Å². The second kappa shape index (κ2) is 7.22. The minimum absolute atomic E-state index is 0.0184. The number of nitrogens with two attached hydrogens (primary N) is 1. The molecular formula is C18H24N2. The van der Waals surface area contributed by atoms with E-state index in [2.05, 4.69) is 73.5 Å². The molecule has 2 aromatic rings. The van der Waals surface area contributed by atoms with Gasteiger partial charge < -0.3 is 5.73 Å². The zero-order valence-corrected chi connectivity index (χ0v) is 12.4. The highest BCUT2D eigenvalue weighted by Crippen LogP contribution is 2.31. The Morgan fingerprint density at radius 3 is 1.90 bits per heavy atom. The van der Waals surface area contributed by atoms with E-state index in [1.54, 1.807) is 0 Å². The van der Waals surface area contributed by atoms with Crippen molar-refractivity contribution in [1.29, 1.82) is 0 Å². The molecule has 0 saturated heterocycles. The monoisotopic (exact) mass is 268 g/mol. The van der Waals surface area contributed by atoms with E-state index in [4.69, 9.17) is 5.73 Å². The lowest BCUT2D eigenvalue weighted by Crippen LogP contribution is -2.34. The Morgan fingerprint density at radius 2 is 1.40 bits per heavy atom. The summed E-state index contributed by atoms with van der Waals surface area (Å²) in [6.07, 6.45) is 1.13. The van der Waals surface area contributed by atoms with Gasteiger partial charge in [-0.15, -0.1) is 0 Å². The van der Waals surface area contributed by atoms with Gasteiger partial charge >= 0.3 is 0 Å². The molecule has 0 heterocycles. The Morgan fingerprint density at radius 1 is 0.900 bits per heavy atom. The van der Waals surface area contributed by atoms with Gasteiger partial charge in [0.25, 0.3) is 0 Å². The van der Waals surface area contributed by atoms with Crippen LogP contribution >= 0.6 is 0 Å². The molecule has 2 rings (SSSR count). The van der Waals surface area contributed by atoms with Crippen molar-refractivity contribution in [3.8, 4) is 0 Å². The van der Waals surface area contributed by atoms with Gasteiger partial charge in [-0.05, 0) is 31.1 Å². The van der Waals surface area contributed by atoms with E-state index in [1.807, 2.05) is 6.07 Å². The van der Waals surface area contributed by atoms with Crippen LogP contribution in [0.1, 0.15) is 36.6 Å². The van der Waals surface area contributed by atoms with Crippen LogP contribution in [0.4, 0.5) is 0 Å². The third kappa shape index (κ3) is 3.47. The van der Waals surface area contributed by atoms with Gasteiger partial charge in [-0.1, -0.05) is 67.6 Å². The summed E-state index contributed by atoms with van der Waals surface area (Å²) >= 11 is 0. The zero-order chi connectivity index (χ0) is 14.4. The minimum atomic E-state index is -0.0184. The SMILES string of the molecule is CCCN(C)C(c1ccccc1)C(N)c1ccccc1. The molecule has 0 spiro atoms. The summed E-state index contributed by atoms with van der Waals surface area (Å²) in [5.41, 5.74) is 9.02. The predicted octanol–water partition coefficient (Wildman–Crippen LogP) is 3.77. The molecule has 2 aromatic carbocycles. The Bertz CT molecular complexity index is 495. The first-order valence-corrected chi connectivity index (χ1v) is 7.29. The Balaban J connectivity index is 2.31. The molecule has 106 valence electrons. The van der Waals surface area contributed by atoms with Crippen molar-refractivity contribution in [2.75, 3.05) is 13.6 Å². The van der Waals surface area contributed by atoms with Crippen LogP contribution < -0.4 is 5.73 Å². The molecular weight excluding hydrogens is 244 g/mol. The van der Waals surface area contributed by atoms with Gasteiger partial charge in [-0.25, -0.2) is 0 Å². The van der Waals surface area contributed by atoms with E-state index in [-0.39, 0.29) is 12.1 Å². The fraction of sp³-hybridized carbons (Fsp3) is 0.333. The van der Waals surface area contributed by atoms with E-state index >= 15 is 0 Å². The number of benzene rings is 2. The molecule has 0 amide bonds. The van der Waals surface area contributed by atoms with Gasteiger partial charge in [0.2, 0.25) is 0 Å². The molecule has 2 unspecified atom stereocenters. The second-order valence-electron chi connectivity index (χ2n) is 5.27. The van der Waals surface area contributed by atoms with Crippen LogP contribution in [-0.2, 0) is 0 Å². The van der Waals surface area contributed by atoms with E-state index in [1.165, 1.54) is 11.1 Å². The van der Waals surface area contributed by atoms with Crippen LogP contribution in [0.2, 0.25) is 0 Å². The molecule has 2 N–H and O–H groups in total. The number of hydrogen-bond donors (Lipinski definition) is 1. The average molecular weight is 268 g/mol. The van der Waals surface area contributed by atoms with Gasteiger partial charge in [0.15, 0.2) is 0 Å². The van der Waals surface area contributed by atoms with Crippen molar-refractivity contribution >= 4 is 0 Å². The Labute approximate surface area is 122 Å². The lowest BCUT2D eigenvalue weighted by Gasteiger charge is -2.33. The van der Waals surface area contributed by atoms with Crippen molar-refractivity contribution in [3.05, 3.63) is 71.8 Å². The van der Waals surface area contributed by atoms with Crippen molar-refractivity contribution in [2.45, 2.75) is 25.4 Å². The molecule has 0 radical (unpaired) electrons. The number of likely N-dealkylation sites (N-methyl/N-ethyl adjacent to an activating group) is 1. The molecule has 0 aliphatic rings. The summed E-state index contributed by atoms with van der Waals surface area (Å²) in [4.78, 5) is 2.35. The first-order valence-electron chi connectivity index (χ1n) is 7.29. The van der Waals surface area contributed by atoms with Crippen LogP contribution in [-0.4, -0.2) is 18.5 Å². The first-order chi connectivity index (χ1) is 9.74. The molecule has 0 aromatic heterocycles. The van der Waals surface area contributed by atoms with Crippen molar-refractivity contribution in [1.82, 2.24) is 4.90 Å². The number of hydrogen-bond acceptors (Lipinski definition) is 2. The fourth-order valence-corrected chi connectivity index (χ4v) is 2.74. The molecule has 2 heteroatoms. The van der Waals surface area contributed by atoms with Crippen molar-refractivity contribution in [2.24, 2.45) is 5.73 Å². The van der Waals surface area contributed by atoms with Crippen LogP contribution in [0.15, 0.2) is 60.7 Å². The highest BCUT2D eigenvalue weighted by Gasteiger charge is 2.24. The van der Waals surface area contributed by atoms with Crippen LogP contribution in [0.25, 0.3) is 0 Å². The maximum Gasteiger partial charge on any atom is 0.0538 e. The zero-order valence-electron chi connectivity index (χ0n) is 12.4. The predicted molar refractivity (Wildman–Crippen MR) is 85.5 cm³/mol. The van der Waals surface area contributed by atoms with E-state index in [9.17, 15) is 0 Å². The molecule has 2 nitrogen and oxygen atoms in total. The quantitative estimate of drug-likeness (QED) is 0.864. The van der Waals surface area contributed by atoms with Gasteiger partial charge in [-0.3, -0.25) is 4.90 Å².